The average molecular weight is 375 g/mol. The number of nitrogens with one attached hydrogen (secondary N) is 2. The van der Waals surface area contributed by atoms with Gasteiger partial charge in [0.2, 0.25) is 0 Å². The van der Waals surface area contributed by atoms with Gasteiger partial charge in [-0.05, 0) is 68.4 Å². The molecule has 0 spiro atoms. The second-order valence-corrected chi connectivity index (χ2v) is 6.77. The summed E-state index contributed by atoms with van der Waals surface area (Å²) in [7, 11) is 0. The molecule has 28 heavy (non-hydrogen) atoms. The van der Waals surface area contributed by atoms with Crippen molar-refractivity contribution in [2.24, 2.45) is 0 Å². The van der Waals surface area contributed by atoms with Gasteiger partial charge in [0.25, 0.3) is 5.91 Å². The van der Waals surface area contributed by atoms with E-state index >= 15 is 0 Å². The van der Waals surface area contributed by atoms with Gasteiger partial charge >= 0.3 is 6.03 Å². The lowest BCUT2D eigenvalue weighted by Crippen LogP contribution is -2.27. The number of rotatable bonds is 4. The van der Waals surface area contributed by atoms with Crippen LogP contribution in [0, 0.1) is 13.8 Å². The van der Waals surface area contributed by atoms with Crippen LogP contribution in [0.2, 0.25) is 0 Å². The number of hydrogen-bond acceptors (Lipinski definition) is 3. The van der Waals surface area contributed by atoms with Crippen LogP contribution in [0.1, 0.15) is 21.7 Å². The number of anilines is 2. The van der Waals surface area contributed by atoms with Crippen LogP contribution >= 0.6 is 0 Å². The lowest BCUT2D eigenvalue weighted by atomic mass is 10.2. The van der Waals surface area contributed by atoms with E-state index in [0.29, 0.717) is 24.3 Å². The van der Waals surface area contributed by atoms with Crippen LogP contribution in [0.15, 0.2) is 54.6 Å². The van der Waals surface area contributed by atoms with Gasteiger partial charge < -0.3 is 10.6 Å². The van der Waals surface area contributed by atoms with E-state index in [-0.39, 0.29) is 11.9 Å². The molecule has 0 unspecified atom stereocenters. The molecule has 1 aromatic heterocycles. The number of aryl methyl sites for hydroxylation is 2. The van der Waals surface area contributed by atoms with Gasteiger partial charge in [0.1, 0.15) is 0 Å². The summed E-state index contributed by atoms with van der Waals surface area (Å²) in [4.78, 5) is 25.9. The van der Waals surface area contributed by atoms with Crippen molar-refractivity contribution in [1.82, 2.24) is 15.1 Å². The highest BCUT2D eigenvalue weighted by atomic mass is 16.2. The summed E-state index contributed by atoms with van der Waals surface area (Å²) >= 11 is 0. The number of benzene rings is 2. The minimum absolute atomic E-state index is 0.0977. The van der Waals surface area contributed by atoms with Crippen molar-refractivity contribution in [3.8, 4) is 5.69 Å². The van der Waals surface area contributed by atoms with E-state index in [1.807, 2.05) is 48.9 Å². The summed E-state index contributed by atoms with van der Waals surface area (Å²) < 4.78 is 1.85. The summed E-state index contributed by atoms with van der Waals surface area (Å²) in [5, 5.41) is 10.1. The number of urea groups is 1. The Morgan fingerprint density at radius 2 is 1.71 bits per heavy atom. The van der Waals surface area contributed by atoms with Crippen molar-refractivity contribution in [2.75, 3.05) is 23.3 Å². The summed E-state index contributed by atoms with van der Waals surface area (Å²) in [5.41, 5.74) is 4.96. The molecule has 142 valence electrons. The normalized spacial score (nSPS) is 13.5. The zero-order chi connectivity index (χ0) is 19.7. The molecule has 3 amide bonds. The van der Waals surface area contributed by atoms with Crippen molar-refractivity contribution < 1.29 is 9.59 Å². The van der Waals surface area contributed by atoms with Crippen LogP contribution in [0.3, 0.4) is 0 Å². The highest BCUT2D eigenvalue weighted by Gasteiger charge is 2.20. The van der Waals surface area contributed by atoms with Gasteiger partial charge in [0.15, 0.2) is 0 Å². The van der Waals surface area contributed by atoms with Gasteiger partial charge in [-0.3, -0.25) is 9.69 Å². The Labute approximate surface area is 163 Å². The molecule has 1 fully saturated rings. The van der Waals surface area contributed by atoms with Crippen LogP contribution in [0.25, 0.3) is 5.69 Å². The second kappa shape index (κ2) is 7.19. The smallest absolute Gasteiger partial charge is 0.321 e. The van der Waals surface area contributed by atoms with Gasteiger partial charge in [0, 0.05) is 35.7 Å². The van der Waals surface area contributed by atoms with Gasteiger partial charge in [-0.25, -0.2) is 9.48 Å². The molecule has 0 aliphatic carbocycles. The van der Waals surface area contributed by atoms with E-state index in [1.165, 1.54) is 0 Å². The standard InChI is InChI=1S/C21H21N5O2/c1-14-13-15(2)26(24-14)19-7-3-16(4-8-19)20(27)23-17-5-9-18(10-6-17)25-12-11-22-21(25)28/h3-10,13H,11-12H2,1-2H3,(H,22,28)(H,23,27). The lowest BCUT2D eigenvalue weighted by molar-refractivity contribution is 0.102. The Morgan fingerprint density at radius 1 is 1.04 bits per heavy atom. The first-order chi connectivity index (χ1) is 13.5. The van der Waals surface area contributed by atoms with E-state index < -0.39 is 0 Å². The molecule has 4 rings (SSSR count). The first-order valence-electron chi connectivity index (χ1n) is 9.12. The molecule has 1 aliphatic heterocycles. The number of carbonyl (C=O) groups excluding carboxylic acids is 2. The maximum absolute atomic E-state index is 12.5. The summed E-state index contributed by atoms with van der Waals surface area (Å²) in [6, 6.07) is 16.5. The largest absolute Gasteiger partial charge is 0.336 e. The predicted octanol–water partition coefficient (Wildman–Crippen LogP) is 3.27. The first kappa shape index (κ1) is 17.8. The number of carbonyl (C=O) groups is 2. The van der Waals surface area contributed by atoms with Crippen LogP contribution in [0.5, 0.6) is 0 Å². The molecule has 2 heterocycles. The molecule has 0 atom stereocenters. The van der Waals surface area contributed by atoms with Gasteiger partial charge in [-0.1, -0.05) is 0 Å². The molecule has 1 saturated heterocycles. The Kier molecular flexibility index (Phi) is 4.57. The quantitative estimate of drug-likeness (QED) is 0.735. The fourth-order valence-electron chi connectivity index (χ4n) is 3.29. The minimum Gasteiger partial charge on any atom is -0.336 e. The Morgan fingerprint density at radius 3 is 2.29 bits per heavy atom. The molecule has 0 radical (unpaired) electrons. The number of nitrogens with zero attached hydrogens (tertiary/aromatic N) is 3. The van der Waals surface area contributed by atoms with Crippen molar-refractivity contribution in [3.63, 3.8) is 0 Å². The first-order valence-corrected chi connectivity index (χ1v) is 9.12. The maximum Gasteiger partial charge on any atom is 0.321 e. The fourth-order valence-corrected chi connectivity index (χ4v) is 3.29. The van der Waals surface area contributed by atoms with Gasteiger partial charge in [0.05, 0.1) is 11.4 Å². The van der Waals surface area contributed by atoms with E-state index in [0.717, 1.165) is 22.8 Å². The third-order valence-electron chi connectivity index (χ3n) is 4.68. The van der Waals surface area contributed by atoms with E-state index in [4.69, 9.17) is 0 Å². The summed E-state index contributed by atoms with van der Waals surface area (Å²) in [6.45, 7) is 5.24. The third-order valence-corrected chi connectivity index (χ3v) is 4.68. The van der Waals surface area contributed by atoms with Crippen LogP contribution < -0.4 is 15.5 Å². The van der Waals surface area contributed by atoms with Crippen LogP contribution in [0.4, 0.5) is 16.2 Å². The maximum atomic E-state index is 12.5. The Balaban J connectivity index is 1.45. The zero-order valence-electron chi connectivity index (χ0n) is 15.8. The van der Waals surface area contributed by atoms with Crippen LogP contribution in [-0.4, -0.2) is 34.8 Å². The van der Waals surface area contributed by atoms with E-state index in [2.05, 4.69) is 15.7 Å². The van der Waals surface area contributed by atoms with Gasteiger partial charge in [-0.15, -0.1) is 0 Å². The highest BCUT2D eigenvalue weighted by molar-refractivity contribution is 6.04. The Bertz CT molecular complexity index is 1020. The van der Waals surface area contributed by atoms with Crippen LogP contribution in [-0.2, 0) is 0 Å². The number of aromatic nitrogens is 2. The molecular formula is C21H21N5O2. The second-order valence-electron chi connectivity index (χ2n) is 6.77. The zero-order valence-corrected chi connectivity index (χ0v) is 15.8. The average Bonchev–Trinajstić information content (AvgIpc) is 3.27. The highest BCUT2D eigenvalue weighted by Crippen LogP contribution is 2.20. The molecule has 3 aromatic rings. The SMILES string of the molecule is Cc1cc(C)n(-c2ccc(C(=O)Nc3ccc(N4CCNC4=O)cc3)cc2)n1. The van der Waals surface area contributed by atoms with E-state index in [9.17, 15) is 9.59 Å². The fraction of sp³-hybridized carbons (Fsp3) is 0.190. The lowest BCUT2D eigenvalue weighted by Gasteiger charge is -2.14. The molecule has 0 bridgehead atoms. The van der Waals surface area contributed by atoms with Gasteiger partial charge in [-0.2, -0.15) is 5.10 Å². The third kappa shape index (κ3) is 3.46. The molecule has 7 nitrogen and oxygen atoms in total. The molecule has 1 aliphatic rings. The van der Waals surface area contributed by atoms with Crippen molar-refractivity contribution in [3.05, 3.63) is 71.5 Å². The number of hydrogen-bond donors (Lipinski definition) is 2. The summed E-state index contributed by atoms with van der Waals surface area (Å²) in [5.74, 6) is -0.188. The molecule has 2 N–H and O–H groups in total. The topological polar surface area (TPSA) is 79.3 Å². The molecule has 7 heteroatoms. The van der Waals surface area contributed by atoms with Crippen molar-refractivity contribution in [2.45, 2.75) is 13.8 Å². The molecule has 2 aromatic carbocycles. The predicted molar refractivity (Wildman–Crippen MR) is 108 cm³/mol. The van der Waals surface area contributed by atoms with Crippen molar-refractivity contribution in [1.29, 1.82) is 0 Å². The van der Waals surface area contributed by atoms with E-state index in [1.54, 1.807) is 29.2 Å². The molecular weight excluding hydrogens is 354 g/mol. The molecule has 0 saturated carbocycles. The van der Waals surface area contributed by atoms with Crippen molar-refractivity contribution >= 4 is 23.3 Å². The monoisotopic (exact) mass is 375 g/mol. The summed E-state index contributed by atoms with van der Waals surface area (Å²) in [6.07, 6.45) is 0. The number of amides is 3. The minimum atomic E-state index is -0.188. The Hall–Kier alpha value is -3.61.